The predicted octanol–water partition coefficient (Wildman–Crippen LogP) is 3.83. The van der Waals surface area contributed by atoms with E-state index in [9.17, 15) is 17.6 Å². The molecule has 0 heterocycles. The number of ether oxygens (including phenoxy) is 1. The van der Waals surface area contributed by atoms with Gasteiger partial charge >= 0.3 is 151 Å². The van der Waals surface area contributed by atoms with E-state index in [1.165, 1.54) is 0 Å². The van der Waals surface area contributed by atoms with Gasteiger partial charge < -0.3 is 0 Å². The van der Waals surface area contributed by atoms with Gasteiger partial charge in [0.15, 0.2) is 0 Å². The molecule has 1 aromatic carbocycles. The van der Waals surface area contributed by atoms with E-state index in [1.54, 1.807) is 20.8 Å². The minimum absolute atomic E-state index is 0.191. The predicted molar refractivity (Wildman–Crippen MR) is 76.7 cm³/mol. The van der Waals surface area contributed by atoms with Crippen LogP contribution in [0.2, 0.25) is 0 Å². The first-order valence-electron chi connectivity index (χ1n) is 7.75. The van der Waals surface area contributed by atoms with Crippen LogP contribution in [0.15, 0.2) is 0 Å². The molecule has 5 nitrogen and oxygen atoms in total. The van der Waals surface area contributed by atoms with Gasteiger partial charge in [0.1, 0.15) is 0 Å². The number of halogens is 4. The topological polar surface area (TPSA) is 46.2 Å². The number of hydrogen-bond donors (Lipinski definition) is 0. The first-order chi connectivity index (χ1) is 11.9. The Morgan fingerprint density at radius 2 is 1.00 bits per heavy atom. The molecule has 1 aromatic rings. The van der Waals surface area contributed by atoms with Crippen molar-refractivity contribution < 1.29 is 55.6 Å². The van der Waals surface area contributed by atoms with Crippen LogP contribution < -0.4 is 0 Å². The Morgan fingerprint density at radius 1 is 0.640 bits per heavy atom. The molecule has 0 N–H and O–H groups in total. The summed E-state index contributed by atoms with van der Waals surface area (Å²) < 4.78 is 82.4. The Bertz CT molecular complexity index is 527. The summed E-state index contributed by atoms with van der Waals surface area (Å²) in [4.78, 5) is 0. The fraction of sp³-hybridized carbons (Fsp3) is 0.600. The summed E-state index contributed by atoms with van der Waals surface area (Å²) in [7, 11) is 1.15. The standard InChI is InChI=1S/C9H7F4O2.3C2H5O.Zr/c1-15-3-5-8(12)6(10)4(2-14)7(11)9(5)13;3*1-2-3;/h2-3H2,1H3;3*2H2,1H3;/q4*-1;+4. The first kappa shape index (κ1) is 22.7. The van der Waals surface area contributed by atoms with Crippen molar-refractivity contribution in [2.45, 2.75) is 34.0 Å². The molecule has 1 rings (SSSR count). The molecule has 0 atom stereocenters. The van der Waals surface area contributed by atoms with Gasteiger partial charge in [-0.3, -0.25) is 0 Å². The zero-order valence-corrected chi connectivity index (χ0v) is 17.0. The second-order valence-electron chi connectivity index (χ2n) is 4.73. The number of benzene rings is 1. The van der Waals surface area contributed by atoms with Crippen molar-refractivity contribution in [3.63, 3.8) is 0 Å². The molecule has 10 heteroatoms. The molecule has 0 unspecified atom stereocenters. The van der Waals surface area contributed by atoms with Crippen LogP contribution in [0.25, 0.3) is 0 Å². The number of hydrogen-bond acceptors (Lipinski definition) is 5. The molecule has 0 aliphatic heterocycles. The molecule has 0 spiro atoms. The maximum absolute atomic E-state index is 14.1. The Hall–Kier alpha value is -0.377. The third-order valence-corrected chi connectivity index (χ3v) is 9.05. The minimum atomic E-state index is -4.54. The maximum atomic E-state index is 14.1. The fourth-order valence-electron chi connectivity index (χ4n) is 2.06. The quantitative estimate of drug-likeness (QED) is 0.380. The van der Waals surface area contributed by atoms with Crippen LogP contribution in [0.5, 0.6) is 0 Å². The van der Waals surface area contributed by atoms with Crippen LogP contribution in [-0.4, -0.2) is 26.9 Å². The molecule has 0 aromatic heterocycles. The van der Waals surface area contributed by atoms with Gasteiger partial charge in [0.25, 0.3) is 0 Å². The average Bonchev–Trinajstić information content (AvgIpc) is 2.58. The zero-order valence-electron chi connectivity index (χ0n) is 14.6. The van der Waals surface area contributed by atoms with Crippen molar-refractivity contribution >= 4 is 0 Å². The molecule has 0 aliphatic carbocycles. The van der Waals surface area contributed by atoms with Crippen molar-refractivity contribution in [3.8, 4) is 0 Å². The molecule has 144 valence electrons. The van der Waals surface area contributed by atoms with Crippen LogP contribution >= 0.6 is 0 Å². The summed E-state index contributed by atoms with van der Waals surface area (Å²) in [5.41, 5.74) is -1.72. The van der Waals surface area contributed by atoms with E-state index in [0.29, 0.717) is 0 Å². The molecular formula is C15H22F4O5Zr. The molecule has 0 saturated carbocycles. The second kappa shape index (κ2) is 10.7. The third-order valence-electron chi connectivity index (χ3n) is 3.09. The van der Waals surface area contributed by atoms with Crippen LogP contribution in [0.4, 0.5) is 17.6 Å². The summed E-state index contributed by atoms with van der Waals surface area (Å²) >= 11 is -4.54. The van der Waals surface area contributed by atoms with E-state index in [2.05, 4.69) is 4.74 Å². The molecule has 0 amide bonds. The third kappa shape index (κ3) is 5.55. The van der Waals surface area contributed by atoms with Gasteiger partial charge in [-0.15, -0.1) is 0 Å². The van der Waals surface area contributed by atoms with E-state index in [4.69, 9.17) is 11.3 Å². The van der Waals surface area contributed by atoms with Gasteiger partial charge in [0, 0.05) is 0 Å². The fourth-order valence-corrected chi connectivity index (χ4v) is 6.69. The normalized spacial score (nSPS) is 12.0. The van der Waals surface area contributed by atoms with Crippen LogP contribution in [0, 0.1) is 23.3 Å². The van der Waals surface area contributed by atoms with Crippen molar-refractivity contribution in [1.82, 2.24) is 0 Å². The van der Waals surface area contributed by atoms with Gasteiger partial charge in [-0.05, 0) is 0 Å². The Morgan fingerprint density at radius 3 is 1.32 bits per heavy atom. The Kier molecular flexibility index (Phi) is 9.70. The SMILES string of the molecule is CC[O][Zr]([O]CC)([O]CC)[O]Cc1c(F)c(F)c(COC)c(F)c1F. The van der Waals surface area contributed by atoms with Crippen LogP contribution in [0.3, 0.4) is 0 Å². The van der Waals surface area contributed by atoms with Gasteiger partial charge in [0.2, 0.25) is 0 Å². The molecule has 0 saturated heterocycles. The Balaban J connectivity index is 3.16. The summed E-state index contributed by atoms with van der Waals surface area (Å²) in [6.45, 7) is 4.21. The first-order valence-corrected chi connectivity index (χ1v) is 11.8. The Labute approximate surface area is 151 Å². The van der Waals surface area contributed by atoms with Crippen molar-refractivity contribution in [2.75, 3.05) is 26.9 Å². The number of rotatable bonds is 11. The molecule has 0 bridgehead atoms. The molecule has 0 fully saturated rings. The van der Waals surface area contributed by atoms with Gasteiger partial charge in [-0.2, -0.15) is 0 Å². The van der Waals surface area contributed by atoms with Crippen LogP contribution in [-0.2, 0) is 51.2 Å². The van der Waals surface area contributed by atoms with E-state index >= 15 is 0 Å². The van der Waals surface area contributed by atoms with Crippen molar-refractivity contribution in [1.29, 1.82) is 0 Å². The second-order valence-corrected chi connectivity index (χ2v) is 10.0. The monoisotopic (exact) mass is 448 g/mol. The summed E-state index contributed by atoms with van der Waals surface area (Å²) in [6, 6.07) is 0. The van der Waals surface area contributed by atoms with Crippen molar-refractivity contribution in [3.05, 3.63) is 34.4 Å². The van der Waals surface area contributed by atoms with E-state index in [-0.39, 0.29) is 19.8 Å². The molecule has 0 radical (unpaired) electrons. The molecule has 0 aliphatic rings. The molecule has 25 heavy (non-hydrogen) atoms. The summed E-state index contributed by atoms with van der Waals surface area (Å²) in [5, 5.41) is 0. The average molecular weight is 450 g/mol. The summed E-state index contributed by atoms with van der Waals surface area (Å²) in [6.07, 6.45) is 0. The zero-order chi connectivity index (χ0) is 19.0. The molecular weight excluding hydrogens is 427 g/mol. The van der Waals surface area contributed by atoms with E-state index in [0.717, 1.165) is 7.11 Å². The van der Waals surface area contributed by atoms with Gasteiger partial charge in [-0.1, -0.05) is 0 Å². The van der Waals surface area contributed by atoms with Crippen molar-refractivity contribution in [2.24, 2.45) is 0 Å². The van der Waals surface area contributed by atoms with Crippen LogP contribution in [0.1, 0.15) is 31.9 Å². The van der Waals surface area contributed by atoms with E-state index in [1.807, 2.05) is 0 Å². The number of methoxy groups -OCH3 is 1. The van der Waals surface area contributed by atoms with E-state index < -0.39 is 69.6 Å². The van der Waals surface area contributed by atoms with Gasteiger partial charge in [0.05, 0.1) is 0 Å². The summed E-state index contributed by atoms with van der Waals surface area (Å²) in [5.74, 6) is -6.14. The van der Waals surface area contributed by atoms with Gasteiger partial charge in [-0.25, -0.2) is 0 Å².